The molecule has 2 rings (SSSR count). The van der Waals surface area contributed by atoms with Gasteiger partial charge in [-0.2, -0.15) is 14.9 Å². The number of aromatic amines is 1. The van der Waals surface area contributed by atoms with Crippen LogP contribution in [0.15, 0.2) is 29.4 Å². The molecule has 2 aromatic rings. The maximum atomic E-state index is 5.53. The van der Waals surface area contributed by atoms with Crippen molar-refractivity contribution in [2.24, 2.45) is 5.10 Å². The minimum Gasteiger partial charge on any atom is -0.494 e. The van der Waals surface area contributed by atoms with Crippen LogP contribution in [0.4, 0.5) is 0 Å². The average molecular weight is 290 g/mol. The van der Waals surface area contributed by atoms with E-state index in [4.69, 9.17) is 17.0 Å². The van der Waals surface area contributed by atoms with Gasteiger partial charge in [-0.25, -0.2) is 0 Å². The van der Waals surface area contributed by atoms with E-state index in [9.17, 15) is 0 Å². The summed E-state index contributed by atoms with van der Waals surface area (Å²) in [5, 5.41) is 11.2. The van der Waals surface area contributed by atoms with Gasteiger partial charge in [-0.15, -0.1) is 0 Å². The molecule has 5 nitrogen and oxygen atoms in total. The molecule has 0 radical (unpaired) electrons. The summed E-state index contributed by atoms with van der Waals surface area (Å²) < 4.78 is 7.67. The Labute approximate surface area is 123 Å². The summed E-state index contributed by atoms with van der Waals surface area (Å²) in [6.45, 7) is 4.83. The Morgan fingerprint density at radius 3 is 2.75 bits per heavy atom. The molecule has 1 aromatic heterocycles. The van der Waals surface area contributed by atoms with E-state index in [0.29, 0.717) is 4.77 Å². The molecule has 1 N–H and O–H groups in total. The van der Waals surface area contributed by atoms with Crippen molar-refractivity contribution in [1.29, 1.82) is 0 Å². The number of ether oxygens (including phenoxy) is 1. The number of hydrogen-bond acceptors (Lipinski definition) is 4. The van der Waals surface area contributed by atoms with Crippen LogP contribution >= 0.6 is 12.2 Å². The van der Waals surface area contributed by atoms with Gasteiger partial charge in [0.15, 0.2) is 5.82 Å². The molecule has 0 unspecified atom stereocenters. The highest BCUT2D eigenvalue weighted by Gasteiger charge is 2.01. The Kier molecular flexibility index (Phi) is 5.06. The van der Waals surface area contributed by atoms with E-state index in [2.05, 4.69) is 22.2 Å². The van der Waals surface area contributed by atoms with Crippen LogP contribution in [-0.4, -0.2) is 27.7 Å². The highest BCUT2D eigenvalue weighted by molar-refractivity contribution is 7.71. The number of nitrogens with zero attached hydrogens (tertiary/aromatic N) is 3. The maximum absolute atomic E-state index is 5.53. The fourth-order valence-electron chi connectivity index (χ4n) is 1.67. The summed E-state index contributed by atoms with van der Waals surface area (Å²) in [5.74, 6) is 1.69. The normalized spacial score (nSPS) is 11.1. The number of aromatic nitrogens is 3. The van der Waals surface area contributed by atoms with Gasteiger partial charge in [0.2, 0.25) is 4.77 Å². The number of rotatable bonds is 6. The van der Waals surface area contributed by atoms with Crippen molar-refractivity contribution in [3.05, 3.63) is 40.4 Å². The first kappa shape index (κ1) is 14.5. The van der Waals surface area contributed by atoms with Gasteiger partial charge in [-0.3, -0.25) is 5.10 Å². The fourth-order valence-corrected chi connectivity index (χ4v) is 1.86. The molecule has 0 saturated heterocycles. The standard InChI is InChI=1S/C14H18N4OS/c1-3-9-19-12-7-5-11(6-8-12)10-15-18-13(4-2)16-17-14(18)20/h5-8,10H,3-4,9H2,1-2H3,(H,17,20). The Morgan fingerprint density at radius 1 is 1.35 bits per heavy atom. The predicted molar refractivity (Wildman–Crippen MR) is 82.0 cm³/mol. The summed E-state index contributed by atoms with van der Waals surface area (Å²) in [6, 6.07) is 7.80. The number of aryl methyl sites for hydroxylation is 1. The molecule has 0 saturated carbocycles. The van der Waals surface area contributed by atoms with Crippen molar-refractivity contribution in [1.82, 2.24) is 14.9 Å². The Morgan fingerprint density at radius 2 is 2.10 bits per heavy atom. The molecule has 0 aliphatic rings. The van der Waals surface area contributed by atoms with Crippen LogP contribution in [0.5, 0.6) is 5.75 Å². The zero-order valence-electron chi connectivity index (χ0n) is 11.7. The second-order valence-corrected chi connectivity index (χ2v) is 4.66. The Hall–Kier alpha value is -1.95. The zero-order chi connectivity index (χ0) is 14.4. The Bertz CT molecular complexity index is 627. The third-order valence-corrected chi connectivity index (χ3v) is 2.97. The van der Waals surface area contributed by atoms with Gasteiger partial charge in [-0.05, 0) is 48.5 Å². The summed E-state index contributed by atoms with van der Waals surface area (Å²) in [6.07, 6.45) is 3.53. The van der Waals surface area contributed by atoms with Crippen LogP contribution < -0.4 is 4.74 Å². The number of benzene rings is 1. The monoisotopic (exact) mass is 290 g/mol. The van der Waals surface area contributed by atoms with E-state index in [-0.39, 0.29) is 0 Å². The third kappa shape index (κ3) is 3.54. The summed E-state index contributed by atoms with van der Waals surface area (Å²) >= 11 is 5.13. The van der Waals surface area contributed by atoms with Gasteiger partial charge in [0.25, 0.3) is 0 Å². The first-order valence-electron chi connectivity index (χ1n) is 6.68. The molecule has 6 heteroatoms. The molecule has 20 heavy (non-hydrogen) atoms. The molecule has 0 bridgehead atoms. The average Bonchev–Trinajstić information content (AvgIpc) is 2.84. The van der Waals surface area contributed by atoms with Gasteiger partial charge in [0.1, 0.15) is 5.75 Å². The van der Waals surface area contributed by atoms with Crippen LogP contribution in [0.25, 0.3) is 0 Å². The minimum absolute atomic E-state index is 0.501. The first-order chi connectivity index (χ1) is 9.74. The highest BCUT2D eigenvalue weighted by Crippen LogP contribution is 2.11. The lowest BCUT2D eigenvalue weighted by Crippen LogP contribution is -1.97. The van der Waals surface area contributed by atoms with Crippen molar-refractivity contribution in [2.45, 2.75) is 26.7 Å². The van der Waals surface area contributed by atoms with E-state index in [1.54, 1.807) is 10.9 Å². The van der Waals surface area contributed by atoms with Crippen LogP contribution in [0.3, 0.4) is 0 Å². The van der Waals surface area contributed by atoms with Crippen LogP contribution in [0.1, 0.15) is 31.7 Å². The quantitative estimate of drug-likeness (QED) is 0.656. The fraction of sp³-hybridized carbons (Fsp3) is 0.357. The lowest BCUT2D eigenvalue weighted by molar-refractivity contribution is 0.317. The van der Waals surface area contributed by atoms with Gasteiger partial charge < -0.3 is 4.74 Å². The maximum Gasteiger partial charge on any atom is 0.216 e. The van der Waals surface area contributed by atoms with E-state index < -0.39 is 0 Å². The van der Waals surface area contributed by atoms with Gasteiger partial charge in [0, 0.05) is 6.42 Å². The minimum atomic E-state index is 0.501. The molecule has 1 aromatic carbocycles. The molecule has 0 fully saturated rings. The van der Waals surface area contributed by atoms with Gasteiger partial charge >= 0.3 is 0 Å². The predicted octanol–water partition coefficient (Wildman–Crippen LogP) is 3.17. The molecule has 1 heterocycles. The van der Waals surface area contributed by atoms with Crippen LogP contribution in [0.2, 0.25) is 0 Å². The van der Waals surface area contributed by atoms with Crippen LogP contribution in [-0.2, 0) is 6.42 Å². The lowest BCUT2D eigenvalue weighted by atomic mass is 10.2. The van der Waals surface area contributed by atoms with Crippen LogP contribution in [0, 0.1) is 4.77 Å². The second-order valence-electron chi connectivity index (χ2n) is 4.27. The largest absolute Gasteiger partial charge is 0.494 e. The molecular weight excluding hydrogens is 272 g/mol. The van der Waals surface area contributed by atoms with Crippen molar-refractivity contribution in [3.63, 3.8) is 0 Å². The molecule has 0 aliphatic heterocycles. The van der Waals surface area contributed by atoms with E-state index in [1.165, 1.54) is 0 Å². The summed E-state index contributed by atoms with van der Waals surface area (Å²) in [7, 11) is 0. The van der Waals surface area contributed by atoms with Crippen molar-refractivity contribution >= 4 is 18.4 Å². The number of hydrogen-bond donors (Lipinski definition) is 1. The van der Waals surface area contributed by atoms with E-state index >= 15 is 0 Å². The zero-order valence-corrected chi connectivity index (χ0v) is 12.5. The first-order valence-corrected chi connectivity index (χ1v) is 7.09. The van der Waals surface area contributed by atoms with Gasteiger partial charge in [0.05, 0.1) is 12.8 Å². The topological polar surface area (TPSA) is 55.2 Å². The molecule has 0 atom stereocenters. The van der Waals surface area contributed by atoms with Crippen molar-refractivity contribution in [3.8, 4) is 5.75 Å². The molecule has 106 valence electrons. The lowest BCUT2D eigenvalue weighted by Gasteiger charge is -2.03. The van der Waals surface area contributed by atoms with Gasteiger partial charge in [-0.1, -0.05) is 13.8 Å². The second kappa shape index (κ2) is 7.00. The van der Waals surface area contributed by atoms with Crippen molar-refractivity contribution in [2.75, 3.05) is 6.61 Å². The smallest absolute Gasteiger partial charge is 0.216 e. The Balaban J connectivity index is 2.11. The number of H-pyrrole nitrogens is 1. The molecular formula is C14H18N4OS. The highest BCUT2D eigenvalue weighted by atomic mass is 32.1. The third-order valence-electron chi connectivity index (χ3n) is 2.71. The summed E-state index contributed by atoms with van der Waals surface area (Å²) in [4.78, 5) is 0. The number of nitrogens with one attached hydrogen (secondary N) is 1. The SMILES string of the molecule is CCCOc1ccc(C=Nn2c(CC)n[nH]c2=S)cc1. The van der Waals surface area contributed by atoms with Crippen molar-refractivity contribution < 1.29 is 4.74 Å². The molecule has 0 spiro atoms. The van der Waals surface area contributed by atoms with E-state index in [0.717, 1.165) is 36.6 Å². The summed E-state index contributed by atoms with van der Waals surface area (Å²) in [5.41, 5.74) is 0.985. The molecule has 0 aliphatic carbocycles. The molecule has 0 amide bonds. The van der Waals surface area contributed by atoms with E-state index in [1.807, 2.05) is 31.2 Å².